The van der Waals surface area contributed by atoms with Crippen molar-refractivity contribution in [1.82, 2.24) is 0 Å². The largest absolute Gasteiger partial charge is 0.397 e. The van der Waals surface area contributed by atoms with Crippen LogP contribution in [0, 0.1) is 9.39 Å². The molecule has 0 aromatic heterocycles. The summed E-state index contributed by atoms with van der Waals surface area (Å²) in [5.74, 6) is -0.242. The molecule has 0 spiro atoms. The molecule has 1 aromatic carbocycles. The fourth-order valence-electron chi connectivity index (χ4n) is 1.76. The number of ether oxygens (including phenoxy) is 1. The van der Waals surface area contributed by atoms with Crippen molar-refractivity contribution in [3.8, 4) is 0 Å². The SMILES string of the molecule is Nc1cc(I)c(F)cc1NC1CCCOC1. The average Bonchev–Trinajstić information content (AvgIpc) is 2.27. The van der Waals surface area contributed by atoms with Crippen LogP contribution in [0.15, 0.2) is 12.1 Å². The van der Waals surface area contributed by atoms with Crippen LogP contribution in [0.5, 0.6) is 0 Å². The Kier molecular flexibility index (Phi) is 3.86. The van der Waals surface area contributed by atoms with E-state index in [1.807, 2.05) is 22.6 Å². The van der Waals surface area contributed by atoms with E-state index in [-0.39, 0.29) is 11.9 Å². The van der Waals surface area contributed by atoms with Gasteiger partial charge in [-0.05, 0) is 41.5 Å². The lowest BCUT2D eigenvalue weighted by atomic mass is 10.1. The average molecular weight is 336 g/mol. The van der Waals surface area contributed by atoms with Gasteiger partial charge in [-0.3, -0.25) is 0 Å². The molecule has 2 rings (SSSR count). The molecule has 3 nitrogen and oxygen atoms in total. The van der Waals surface area contributed by atoms with Crippen LogP contribution in [0.4, 0.5) is 15.8 Å². The van der Waals surface area contributed by atoms with E-state index < -0.39 is 0 Å². The normalized spacial score (nSPS) is 20.8. The Balaban J connectivity index is 2.11. The van der Waals surface area contributed by atoms with Crippen LogP contribution in [0.1, 0.15) is 12.8 Å². The van der Waals surface area contributed by atoms with Gasteiger partial charge in [-0.15, -0.1) is 0 Å². The molecule has 1 aromatic rings. The second-order valence-corrected chi connectivity index (χ2v) is 5.07. The zero-order valence-electron chi connectivity index (χ0n) is 8.80. The fraction of sp³-hybridized carbons (Fsp3) is 0.455. The van der Waals surface area contributed by atoms with E-state index >= 15 is 0 Å². The third-order valence-electron chi connectivity index (χ3n) is 2.61. The number of nitrogen functional groups attached to an aromatic ring is 1. The van der Waals surface area contributed by atoms with Crippen molar-refractivity contribution in [3.63, 3.8) is 0 Å². The number of hydrogen-bond donors (Lipinski definition) is 2. The first-order valence-electron chi connectivity index (χ1n) is 5.25. The molecular weight excluding hydrogens is 322 g/mol. The minimum atomic E-state index is -0.242. The topological polar surface area (TPSA) is 47.3 Å². The number of nitrogens with one attached hydrogen (secondary N) is 1. The highest BCUT2D eigenvalue weighted by Gasteiger charge is 2.15. The molecular formula is C11H14FIN2O. The van der Waals surface area contributed by atoms with E-state index in [4.69, 9.17) is 10.5 Å². The summed E-state index contributed by atoms with van der Waals surface area (Å²) in [6.45, 7) is 1.47. The van der Waals surface area contributed by atoms with Crippen molar-refractivity contribution in [1.29, 1.82) is 0 Å². The van der Waals surface area contributed by atoms with Gasteiger partial charge in [-0.25, -0.2) is 4.39 Å². The van der Waals surface area contributed by atoms with Crippen LogP contribution in [0.25, 0.3) is 0 Å². The maximum absolute atomic E-state index is 13.4. The summed E-state index contributed by atoms with van der Waals surface area (Å²) < 4.78 is 19.3. The maximum Gasteiger partial charge on any atom is 0.138 e. The van der Waals surface area contributed by atoms with Gasteiger partial charge in [0.15, 0.2) is 0 Å². The van der Waals surface area contributed by atoms with Crippen LogP contribution in [-0.2, 0) is 4.74 Å². The number of rotatable bonds is 2. The molecule has 1 saturated heterocycles. The monoisotopic (exact) mass is 336 g/mol. The Morgan fingerprint density at radius 3 is 3.00 bits per heavy atom. The molecule has 0 radical (unpaired) electrons. The second kappa shape index (κ2) is 5.18. The Morgan fingerprint density at radius 1 is 1.50 bits per heavy atom. The standard InChI is InChI=1S/C11H14FIN2O/c12-8-4-11(10(14)5-9(8)13)15-7-2-1-3-16-6-7/h4-5,7,15H,1-3,6,14H2. The molecule has 0 aliphatic carbocycles. The molecule has 88 valence electrons. The lowest BCUT2D eigenvalue weighted by molar-refractivity contribution is 0.0876. The quantitative estimate of drug-likeness (QED) is 0.645. The van der Waals surface area contributed by atoms with Gasteiger partial charge in [-0.1, -0.05) is 0 Å². The summed E-state index contributed by atoms with van der Waals surface area (Å²) in [5, 5.41) is 3.22. The van der Waals surface area contributed by atoms with Crippen molar-refractivity contribution in [3.05, 3.63) is 21.5 Å². The van der Waals surface area contributed by atoms with Crippen molar-refractivity contribution in [2.24, 2.45) is 0 Å². The van der Waals surface area contributed by atoms with Crippen LogP contribution in [-0.4, -0.2) is 19.3 Å². The molecule has 1 aliphatic rings. The van der Waals surface area contributed by atoms with Crippen molar-refractivity contribution in [2.75, 3.05) is 24.3 Å². The summed E-state index contributed by atoms with van der Waals surface area (Å²) in [6, 6.07) is 3.32. The molecule has 1 atom stereocenters. The first-order valence-corrected chi connectivity index (χ1v) is 6.33. The number of benzene rings is 1. The highest BCUT2D eigenvalue weighted by Crippen LogP contribution is 2.25. The van der Waals surface area contributed by atoms with Gasteiger partial charge in [0.2, 0.25) is 0 Å². The zero-order chi connectivity index (χ0) is 11.5. The number of anilines is 2. The molecule has 0 saturated carbocycles. The Morgan fingerprint density at radius 2 is 2.31 bits per heavy atom. The predicted octanol–water partition coefficient (Wildman–Crippen LogP) is 2.60. The first-order chi connectivity index (χ1) is 7.66. The summed E-state index contributed by atoms with van der Waals surface area (Å²) in [7, 11) is 0. The molecule has 16 heavy (non-hydrogen) atoms. The smallest absolute Gasteiger partial charge is 0.138 e. The molecule has 1 heterocycles. The molecule has 3 N–H and O–H groups in total. The molecule has 0 bridgehead atoms. The lowest BCUT2D eigenvalue weighted by Gasteiger charge is -2.24. The fourth-order valence-corrected chi connectivity index (χ4v) is 2.25. The molecule has 1 aliphatic heterocycles. The summed E-state index contributed by atoms with van der Waals surface area (Å²) in [4.78, 5) is 0. The van der Waals surface area contributed by atoms with E-state index in [0.29, 0.717) is 21.6 Å². The zero-order valence-corrected chi connectivity index (χ0v) is 11.0. The van der Waals surface area contributed by atoms with E-state index in [1.54, 1.807) is 6.07 Å². The summed E-state index contributed by atoms with van der Waals surface area (Å²) in [6.07, 6.45) is 2.07. The van der Waals surface area contributed by atoms with Crippen LogP contribution in [0.2, 0.25) is 0 Å². The predicted molar refractivity (Wildman–Crippen MR) is 71.0 cm³/mol. The lowest BCUT2D eigenvalue weighted by Crippen LogP contribution is -2.30. The van der Waals surface area contributed by atoms with Gasteiger partial charge < -0.3 is 15.8 Å². The van der Waals surface area contributed by atoms with Crippen LogP contribution in [0.3, 0.4) is 0 Å². The van der Waals surface area contributed by atoms with E-state index in [1.165, 1.54) is 6.07 Å². The van der Waals surface area contributed by atoms with Crippen LogP contribution < -0.4 is 11.1 Å². The third kappa shape index (κ3) is 2.76. The first kappa shape index (κ1) is 11.9. The third-order valence-corrected chi connectivity index (χ3v) is 3.44. The van der Waals surface area contributed by atoms with Gasteiger partial charge in [0.25, 0.3) is 0 Å². The summed E-state index contributed by atoms with van der Waals surface area (Å²) in [5.41, 5.74) is 7.07. The van der Waals surface area contributed by atoms with E-state index in [9.17, 15) is 4.39 Å². The van der Waals surface area contributed by atoms with Crippen molar-refractivity contribution < 1.29 is 9.13 Å². The Labute approximate surface area is 108 Å². The summed E-state index contributed by atoms with van der Waals surface area (Å²) >= 11 is 1.93. The van der Waals surface area contributed by atoms with E-state index in [0.717, 1.165) is 19.4 Å². The molecule has 0 amide bonds. The van der Waals surface area contributed by atoms with Gasteiger partial charge in [0.05, 0.1) is 21.6 Å². The Hall–Kier alpha value is -0.560. The number of halogens is 2. The maximum atomic E-state index is 13.4. The number of hydrogen-bond acceptors (Lipinski definition) is 3. The Bertz CT molecular complexity index is 380. The number of nitrogens with two attached hydrogens (primary N) is 1. The van der Waals surface area contributed by atoms with E-state index in [2.05, 4.69) is 5.32 Å². The minimum Gasteiger partial charge on any atom is -0.397 e. The highest BCUT2D eigenvalue weighted by atomic mass is 127. The minimum absolute atomic E-state index is 0.232. The van der Waals surface area contributed by atoms with Gasteiger partial charge in [0.1, 0.15) is 5.82 Å². The van der Waals surface area contributed by atoms with Gasteiger partial charge >= 0.3 is 0 Å². The molecule has 5 heteroatoms. The van der Waals surface area contributed by atoms with Gasteiger partial charge in [0, 0.05) is 18.7 Å². The molecule has 1 unspecified atom stereocenters. The van der Waals surface area contributed by atoms with Gasteiger partial charge in [-0.2, -0.15) is 0 Å². The second-order valence-electron chi connectivity index (χ2n) is 3.91. The van der Waals surface area contributed by atoms with Crippen molar-refractivity contribution >= 4 is 34.0 Å². The van der Waals surface area contributed by atoms with Crippen LogP contribution >= 0.6 is 22.6 Å². The highest BCUT2D eigenvalue weighted by molar-refractivity contribution is 14.1. The molecule has 1 fully saturated rings. The van der Waals surface area contributed by atoms with Crippen molar-refractivity contribution in [2.45, 2.75) is 18.9 Å².